The van der Waals surface area contributed by atoms with Crippen LogP contribution in [0.2, 0.25) is 5.02 Å². The summed E-state index contributed by atoms with van der Waals surface area (Å²) < 4.78 is 14.7. The molecular formula is C15H15BrClFN2. The van der Waals surface area contributed by atoms with E-state index in [9.17, 15) is 4.39 Å². The van der Waals surface area contributed by atoms with Crippen LogP contribution in [0.5, 0.6) is 0 Å². The third-order valence-corrected chi connectivity index (χ3v) is 3.81. The Kier molecular flexibility index (Phi) is 5.16. The number of hydrogen-bond acceptors (Lipinski definition) is 2. The average molecular weight is 358 g/mol. The fraction of sp³-hybridized carbons (Fsp3) is 0.200. The van der Waals surface area contributed by atoms with Crippen molar-refractivity contribution in [1.82, 2.24) is 5.43 Å². The number of hydrazine groups is 1. The second-order valence-electron chi connectivity index (χ2n) is 4.72. The Morgan fingerprint density at radius 2 is 2.05 bits per heavy atom. The van der Waals surface area contributed by atoms with Crippen LogP contribution in [0.4, 0.5) is 4.39 Å². The monoisotopic (exact) mass is 356 g/mol. The summed E-state index contributed by atoms with van der Waals surface area (Å²) in [7, 11) is 0. The third kappa shape index (κ3) is 3.79. The van der Waals surface area contributed by atoms with Gasteiger partial charge in [-0.15, -0.1) is 0 Å². The Balaban J connectivity index is 2.30. The lowest BCUT2D eigenvalue weighted by Crippen LogP contribution is -2.29. The molecule has 2 nitrogen and oxygen atoms in total. The van der Waals surface area contributed by atoms with Gasteiger partial charge in [-0.3, -0.25) is 11.3 Å². The SMILES string of the molecule is Cc1cc(Cl)cc(C(Cc2cc(Br)ccc2F)NN)c1. The molecule has 0 aromatic heterocycles. The van der Waals surface area contributed by atoms with Gasteiger partial charge >= 0.3 is 0 Å². The molecule has 2 aromatic carbocycles. The van der Waals surface area contributed by atoms with Crippen LogP contribution in [0.1, 0.15) is 22.7 Å². The molecule has 0 amide bonds. The van der Waals surface area contributed by atoms with Gasteiger partial charge in [-0.1, -0.05) is 33.6 Å². The first-order valence-corrected chi connectivity index (χ1v) is 7.34. The first-order valence-electron chi connectivity index (χ1n) is 6.16. The van der Waals surface area contributed by atoms with Gasteiger partial charge in [0, 0.05) is 9.50 Å². The summed E-state index contributed by atoms with van der Waals surface area (Å²) in [4.78, 5) is 0. The summed E-state index contributed by atoms with van der Waals surface area (Å²) in [5, 5.41) is 0.648. The molecule has 2 aromatic rings. The lowest BCUT2D eigenvalue weighted by Gasteiger charge is -2.18. The smallest absolute Gasteiger partial charge is 0.126 e. The largest absolute Gasteiger partial charge is 0.271 e. The van der Waals surface area contributed by atoms with E-state index in [0.717, 1.165) is 15.6 Å². The molecule has 0 saturated carbocycles. The van der Waals surface area contributed by atoms with Crippen LogP contribution in [0.3, 0.4) is 0 Å². The molecule has 0 bridgehead atoms. The summed E-state index contributed by atoms with van der Waals surface area (Å²) in [6, 6.07) is 10.4. The number of rotatable bonds is 4. The molecule has 2 rings (SSSR count). The van der Waals surface area contributed by atoms with Crippen LogP contribution in [-0.2, 0) is 6.42 Å². The molecule has 20 heavy (non-hydrogen) atoms. The Morgan fingerprint density at radius 1 is 1.30 bits per heavy atom. The molecule has 0 aliphatic carbocycles. The van der Waals surface area contributed by atoms with Crippen molar-refractivity contribution in [2.75, 3.05) is 0 Å². The van der Waals surface area contributed by atoms with Crippen LogP contribution < -0.4 is 11.3 Å². The summed E-state index contributed by atoms with van der Waals surface area (Å²) >= 11 is 9.41. The third-order valence-electron chi connectivity index (χ3n) is 3.10. The number of nitrogens with one attached hydrogen (secondary N) is 1. The van der Waals surface area contributed by atoms with E-state index in [0.29, 0.717) is 17.0 Å². The first-order chi connectivity index (χ1) is 9.49. The van der Waals surface area contributed by atoms with Crippen molar-refractivity contribution in [3.05, 3.63) is 68.4 Å². The predicted octanol–water partition coefficient (Wildman–Crippen LogP) is 4.30. The van der Waals surface area contributed by atoms with E-state index in [2.05, 4.69) is 21.4 Å². The van der Waals surface area contributed by atoms with Crippen LogP contribution in [0.25, 0.3) is 0 Å². The minimum atomic E-state index is -0.243. The minimum absolute atomic E-state index is 0.198. The summed E-state index contributed by atoms with van der Waals surface area (Å²) in [5.41, 5.74) is 5.31. The standard InChI is InChI=1S/C15H15BrClFN2/c1-9-4-11(7-13(17)5-9)15(20-19)8-10-6-12(16)2-3-14(10)18/h2-7,15,20H,8,19H2,1H3. The van der Waals surface area contributed by atoms with Gasteiger partial charge in [-0.2, -0.15) is 0 Å². The molecule has 3 N–H and O–H groups in total. The van der Waals surface area contributed by atoms with E-state index < -0.39 is 0 Å². The first kappa shape index (κ1) is 15.4. The molecule has 0 aliphatic heterocycles. The Labute approximate surface area is 131 Å². The highest BCUT2D eigenvalue weighted by Gasteiger charge is 2.14. The van der Waals surface area contributed by atoms with E-state index >= 15 is 0 Å². The highest BCUT2D eigenvalue weighted by atomic mass is 79.9. The molecule has 0 spiro atoms. The Morgan fingerprint density at radius 3 is 2.70 bits per heavy atom. The number of aryl methyl sites for hydroxylation is 1. The lowest BCUT2D eigenvalue weighted by molar-refractivity contribution is 0.528. The molecule has 0 heterocycles. The summed E-state index contributed by atoms with van der Waals surface area (Å²) in [6.07, 6.45) is 0.446. The second-order valence-corrected chi connectivity index (χ2v) is 6.07. The normalized spacial score (nSPS) is 12.4. The van der Waals surface area contributed by atoms with E-state index in [-0.39, 0.29) is 11.9 Å². The molecule has 0 fully saturated rings. The van der Waals surface area contributed by atoms with Crippen LogP contribution >= 0.6 is 27.5 Å². The topological polar surface area (TPSA) is 38.0 Å². The highest BCUT2D eigenvalue weighted by molar-refractivity contribution is 9.10. The van der Waals surface area contributed by atoms with Crippen molar-refractivity contribution in [3.63, 3.8) is 0 Å². The molecule has 1 atom stereocenters. The molecule has 1 unspecified atom stereocenters. The predicted molar refractivity (Wildman–Crippen MR) is 84.1 cm³/mol. The minimum Gasteiger partial charge on any atom is -0.271 e. The maximum atomic E-state index is 13.8. The zero-order chi connectivity index (χ0) is 14.7. The van der Waals surface area contributed by atoms with Crippen molar-refractivity contribution in [2.24, 2.45) is 5.84 Å². The van der Waals surface area contributed by atoms with Crippen molar-refractivity contribution < 1.29 is 4.39 Å². The second kappa shape index (κ2) is 6.68. The quantitative estimate of drug-likeness (QED) is 0.632. The van der Waals surface area contributed by atoms with Gasteiger partial charge in [0.05, 0.1) is 6.04 Å². The molecule has 0 saturated heterocycles. The van der Waals surface area contributed by atoms with Crippen LogP contribution in [0.15, 0.2) is 40.9 Å². The summed E-state index contributed by atoms with van der Waals surface area (Å²) in [6.45, 7) is 1.96. The number of benzene rings is 2. The Bertz CT molecular complexity index is 599. The zero-order valence-corrected chi connectivity index (χ0v) is 13.3. The van der Waals surface area contributed by atoms with Crippen molar-refractivity contribution in [3.8, 4) is 0 Å². The van der Waals surface area contributed by atoms with Crippen molar-refractivity contribution >= 4 is 27.5 Å². The number of nitrogens with two attached hydrogens (primary N) is 1. The maximum absolute atomic E-state index is 13.8. The fourth-order valence-electron chi connectivity index (χ4n) is 2.16. The van der Waals surface area contributed by atoms with Crippen molar-refractivity contribution in [2.45, 2.75) is 19.4 Å². The van der Waals surface area contributed by atoms with Gasteiger partial charge in [-0.05, 0) is 60.4 Å². The Hall–Kier alpha value is -0.940. The van der Waals surface area contributed by atoms with Gasteiger partial charge in [0.1, 0.15) is 5.82 Å². The number of halogens is 3. The molecule has 106 valence electrons. The van der Waals surface area contributed by atoms with E-state index in [1.54, 1.807) is 12.1 Å². The fourth-order valence-corrected chi connectivity index (χ4v) is 2.87. The summed E-state index contributed by atoms with van der Waals surface area (Å²) in [5.74, 6) is 5.37. The van der Waals surface area contributed by atoms with E-state index in [1.165, 1.54) is 6.07 Å². The van der Waals surface area contributed by atoms with Gasteiger partial charge in [0.15, 0.2) is 0 Å². The highest BCUT2D eigenvalue weighted by Crippen LogP contribution is 2.25. The van der Waals surface area contributed by atoms with E-state index in [4.69, 9.17) is 17.4 Å². The van der Waals surface area contributed by atoms with Crippen LogP contribution in [-0.4, -0.2) is 0 Å². The molecule has 5 heteroatoms. The van der Waals surface area contributed by atoms with Crippen LogP contribution in [0, 0.1) is 12.7 Å². The van der Waals surface area contributed by atoms with E-state index in [1.807, 2.05) is 25.1 Å². The maximum Gasteiger partial charge on any atom is 0.126 e. The molecule has 0 radical (unpaired) electrons. The number of hydrogen-bond donors (Lipinski definition) is 2. The van der Waals surface area contributed by atoms with Crippen molar-refractivity contribution in [1.29, 1.82) is 0 Å². The molecular weight excluding hydrogens is 343 g/mol. The van der Waals surface area contributed by atoms with Gasteiger partial charge in [0.25, 0.3) is 0 Å². The lowest BCUT2D eigenvalue weighted by atomic mass is 9.98. The average Bonchev–Trinajstić information content (AvgIpc) is 2.38. The zero-order valence-electron chi connectivity index (χ0n) is 11.0. The van der Waals surface area contributed by atoms with Gasteiger partial charge < -0.3 is 0 Å². The van der Waals surface area contributed by atoms with Gasteiger partial charge in [-0.25, -0.2) is 4.39 Å². The van der Waals surface area contributed by atoms with Gasteiger partial charge in [0.2, 0.25) is 0 Å². The molecule has 0 aliphatic rings.